The summed E-state index contributed by atoms with van der Waals surface area (Å²) < 4.78 is 24.1. The second kappa shape index (κ2) is 4.57. The maximum atomic E-state index is 10.3. The molecule has 1 rings (SSSR count). The number of allylic oxidation sites excluding steroid dienone is 1. The largest absolute Gasteiger partial charge is 0.316 e. The summed E-state index contributed by atoms with van der Waals surface area (Å²) >= 11 is 0. The highest BCUT2D eigenvalue weighted by molar-refractivity contribution is 7.61. The molecule has 0 amide bonds. The fourth-order valence-electron chi connectivity index (χ4n) is 1.01. The molecule has 0 aromatic heterocycles. The van der Waals surface area contributed by atoms with Crippen LogP contribution in [0.15, 0.2) is 41.3 Å². The summed E-state index contributed by atoms with van der Waals surface area (Å²) in [5.41, 5.74) is 1.34. The number of hydrogen-bond donors (Lipinski definition) is 0. The monoisotopic (exact) mass is 195 g/mol. The summed E-state index contributed by atoms with van der Waals surface area (Å²) in [5.74, 6) is 0. The molecule has 0 aliphatic carbocycles. The summed E-state index contributed by atoms with van der Waals surface area (Å²) in [7, 11) is -2.39. The quantitative estimate of drug-likeness (QED) is 0.693. The molecule has 0 N–H and O–H groups in total. The predicted octanol–water partition coefficient (Wildman–Crippen LogP) is 2.11. The van der Waals surface area contributed by atoms with Crippen LogP contribution in [0.2, 0.25) is 0 Å². The standard InChI is InChI=1S/C9H9NO2S/c1-2-5-8-6-3-4-7-9(8)10-13(11)12/h2-4,6-7H,1,5H2. The van der Waals surface area contributed by atoms with Gasteiger partial charge in [0.05, 0.1) is 5.69 Å². The van der Waals surface area contributed by atoms with E-state index in [0.29, 0.717) is 12.1 Å². The zero-order chi connectivity index (χ0) is 9.68. The van der Waals surface area contributed by atoms with Gasteiger partial charge in [-0.05, 0) is 18.1 Å². The molecule has 0 heterocycles. The third-order valence-corrected chi connectivity index (χ3v) is 1.87. The van der Waals surface area contributed by atoms with Gasteiger partial charge in [0.2, 0.25) is 0 Å². The number of nitrogens with zero attached hydrogens (tertiary/aromatic N) is 1. The minimum Gasteiger partial charge on any atom is -0.163 e. The molecule has 13 heavy (non-hydrogen) atoms. The predicted molar refractivity (Wildman–Crippen MR) is 51.4 cm³/mol. The second-order valence-electron chi connectivity index (χ2n) is 2.43. The van der Waals surface area contributed by atoms with Crippen molar-refractivity contribution < 1.29 is 8.42 Å². The van der Waals surface area contributed by atoms with E-state index in [4.69, 9.17) is 0 Å². The molecule has 3 nitrogen and oxygen atoms in total. The molecular weight excluding hydrogens is 186 g/mol. The molecule has 4 heteroatoms. The van der Waals surface area contributed by atoms with Crippen LogP contribution in [0.5, 0.6) is 0 Å². The van der Waals surface area contributed by atoms with Crippen molar-refractivity contribution in [3.05, 3.63) is 42.5 Å². The van der Waals surface area contributed by atoms with Gasteiger partial charge < -0.3 is 0 Å². The Labute approximate surface area is 78.4 Å². The van der Waals surface area contributed by atoms with Gasteiger partial charge in [0.25, 0.3) is 0 Å². The topological polar surface area (TPSA) is 46.5 Å². The van der Waals surface area contributed by atoms with Crippen LogP contribution in [0.4, 0.5) is 5.69 Å². The molecule has 0 atom stereocenters. The van der Waals surface area contributed by atoms with Crippen molar-refractivity contribution in [2.75, 3.05) is 0 Å². The third-order valence-electron chi connectivity index (χ3n) is 1.53. The minimum atomic E-state index is -2.39. The molecule has 0 saturated heterocycles. The van der Waals surface area contributed by atoms with Crippen molar-refractivity contribution >= 4 is 16.2 Å². The Bertz CT molecular complexity index is 427. The van der Waals surface area contributed by atoms with Crippen molar-refractivity contribution in [2.45, 2.75) is 6.42 Å². The van der Waals surface area contributed by atoms with Crippen LogP contribution < -0.4 is 0 Å². The van der Waals surface area contributed by atoms with Gasteiger partial charge in [-0.25, -0.2) is 0 Å². The summed E-state index contributed by atoms with van der Waals surface area (Å²) in [6.07, 6.45) is 2.33. The van der Waals surface area contributed by atoms with E-state index in [2.05, 4.69) is 10.9 Å². The Kier molecular flexibility index (Phi) is 3.40. The lowest BCUT2D eigenvalue weighted by atomic mass is 10.1. The Morgan fingerprint density at radius 2 is 2.08 bits per heavy atom. The van der Waals surface area contributed by atoms with Crippen LogP contribution in [0.1, 0.15) is 5.56 Å². The average Bonchev–Trinajstić information content (AvgIpc) is 2.08. The van der Waals surface area contributed by atoms with E-state index in [1.54, 1.807) is 18.2 Å². The van der Waals surface area contributed by atoms with Crippen molar-refractivity contribution in [1.82, 2.24) is 0 Å². The normalized spacial score (nSPS) is 9.23. The zero-order valence-corrected chi connectivity index (χ0v) is 7.79. The molecular formula is C9H9NO2S. The highest BCUT2D eigenvalue weighted by Gasteiger charge is 1.97. The minimum absolute atomic E-state index is 0.482. The number of benzene rings is 1. The van der Waals surface area contributed by atoms with Crippen LogP contribution in [0, 0.1) is 0 Å². The van der Waals surface area contributed by atoms with Crippen molar-refractivity contribution in [3.63, 3.8) is 0 Å². The first-order valence-corrected chi connectivity index (χ1v) is 4.77. The van der Waals surface area contributed by atoms with Crippen LogP contribution in [-0.2, 0) is 16.9 Å². The van der Waals surface area contributed by atoms with E-state index in [1.807, 2.05) is 12.1 Å². The van der Waals surface area contributed by atoms with E-state index in [1.165, 1.54) is 0 Å². The van der Waals surface area contributed by atoms with Gasteiger partial charge in [-0.1, -0.05) is 24.3 Å². The highest BCUT2D eigenvalue weighted by atomic mass is 32.2. The molecule has 68 valence electrons. The Morgan fingerprint density at radius 1 is 1.38 bits per heavy atom. The van der Waals surface area contributed by atoms with Gasteiger partial charge in [-0.2, -0.15) is 8.42 Å². The first-order chi connectivity index (χ1) is 6.24. The van der Waals surface area contributed by atoms with E-state index in [0.717, 1.165) is 5.56 Å². The van der Waals surface area contributed by atoms with E-state index in [-0.39, 0.29) is 0 Å². The molecule has 0 bridgehead atoms. The van der Waals surface area contributed by atoms with Crippen molar-refractivity contribution in [3.8, 4) is 0 Å². The molecule has 1 aromatic rings. The Morgan fingerprint density at radius 3 is 2.69 bits per heavy atom. The smallest absolute Gasteiger partial charge is 0.163 e. The van der Waals surface area contributed by atoms with Gasteiger partial charge in [0, 0.05) is 0 Å². The van der Waals surface area contributed by atoms with Gasteiger partial charge in [-0.15, -0.1) is 10.9 Å². The maximum Gasteiger partial charge on any atom is 0.316 e. The van der Waals surface area contributed by atoms with Gasteiger partial charge >= 0.3 is 10.5 Å². The molecule has 1 aromatic carbocycles. The summed E-state index contributed by atoms with van der Waals surface area (Å²) in [5, 5.41) is 0. The van der Waals surface area contributed by atoms with Crippen molar-refractivity contribution in [1.29, 1.82) is 0 Å². The van der Waals surface area contributed by atoms with Crippen LogP contribution >= 0.6 is 0 Å². The molecule has 0 fully saturated rings. The Hall–Kier alpha value is -1.42. The first kappa shape index (κ1) is 9.67. The Balaban J connectivity index is 3.19. The van der Waals surface area contributed by atoms with Crippen LogP contribution in [0.25, 0.3) is 0 Å². The lowest BCUT2D eigenvalue weighted by Crippen LogP contribution is -1.80. The average molecular weight is 195 g/mol. The number of hydrogen-bond acceptors (Lipinski definition) is 3. The highest BCUT2D eigenvalue weighted by Crippen LogP contribution is 2.18. The molecule has 0 aliphatic heterocycles. The fraction of sp³-hybridized carbons (Fsp3) is 0.111. The van der Waals surface area contributed by atoms with E-state index >= 15 is 0 Å². The molecule has 0 radical (unpaired) electrons. The van der Waals surface area contributed by atoms with Gasteiger partial charge in [0.1, 0.15) is 0 Å². The third kappa shape index (κ3) is 2.83. The van der Waals surface area contributed by atoms with Crippen LogP contribution in [-0.4, -0.2) is 8.42 Å². The van der Waals surface area contributed by atoms with Gasteiger partial charge in [0.15, 0.2) is 0 Å². The molecule has 0 spiro atoms. The lowest BCUT2D eigenvalue weighted by Gasteiger charge is -1.98. The van der Waals surface area contributed by atoms with Gasteiger partial charge in [-0.3, -0.25) is 0 Å². The van der Waals surface area contributed by atoms with E-state index in [9.17, 15) is 8.42 Å². The summed E-state index contributed by atoms with van der Waals surface area (Å²) in [6, 6.07) is 7.08. The molecule has 0 saturated carbocycles. The van der Waals surface area contributed by atoms with Crippen LogP contribution in [0.3, 0.4) is 0 Å². The fourth-order valence-corrected chi connectivity index (χ4v) is 1.35. The number of rotatable bonds is 3. The second-order valence-corrected chi connectivity index (χ2v) is 3.05. The molecule has 0 aliphatic rings. The SMILES string of the molecule is C=CCc1ccccc1N=S(=O)=O. The summed E-state index contributed by atoms with van der Waals surface area (Å²) in [4.78, 5) is 0. The lowest BCUT2D eigenvalue weighted by molar-refractivity contribution is 0.622. The van der Waals surface area contributed by atoms with E-state index < -0.39 is 10.5 Å². The summed E-state index contributed by atoms with van der Waals surface area (Å²) in [6.45, 7) is 3.58. The first-order valence-electron chi connectivity index (χ1n) is 3.74. The zero-order valence-electron chi connectivity index (χ0n) is 6.97. The molecule has 0 unspecified atom stereocenters. The maximum absolute atomic E-state index is 10.3. The van der Waals surface area contributed by atoms with Crippen molar-refractivity contribution in [2.24, 2.45) is 4.36 Å².